The molecule has 1 fully saturated rings. The Morgan fingerprint density at radius 1 is 1.17 bits per heavy atom. The van der Waals surface area contributed by atoms with Crippen molar-refractivity contribution in [2.75, 3.05) is 51.6 Å². The van der Waals surface area contributed by atoms with Crippen LogP contribution in [0.1, 0.15) is 22.7 Å². The lowest BCUT2D eigenvalue weighted by atomic mass is 9.98. The van der Waals surface area contributed by atoms with Crippen molar-refractivity contribution in [3.05, 3.63) is 33.8 Å². The maximum Gasteiger partial charge on any atom is 0.263 e. The highest BCUT2D eigenvalue weighted by atomic mass is 35.5. The number of hydrogen-bond acceptors (Lipinski definition) is 7. The lowest BCUT2D eigenvalue weighted by Gasteiger charge is -2.32. The zero-order chi connectivity index (χ0) is 20.4. The first-order chi connectivity index (χ1) is 14.0. The number of likely N-dealkylation sites (N-methyl/N-ethyl adjacent to an activating group) is 1. The highest BCUT2D eigenvalue weighted by Gasteiger charge is 2.31. The van der Waals surface area contributed by atoms with Crippen molar-refractivity contribution in [3.63, 3.8) is 0 Å². The molecule has 10 heteroatoms. The van der Waals surface area contributed by atoms with Gasteiger partial charge in [0.05, 0.1) is 0 Å². The standard InChI is InChI=1S/C19H23Cl2N7O/c1-26-8-10-27(11-9-26)7-3-6-22-18-24-19-23-12-13(17(29)28(19)25-18)16-14(20)4-2-5-15(16)21/h2,4-5,12-13H,3,6-11H2,1H3,(H,22,25). The van der Waals surface area contributed by atoms with E-state index in [2.05, 4.69) is 37.2 Å². The molecule has 154 valence electrons. The van der Waals surface area contributed by atoms with Crippen LogP contribution in [0, 0.1) is 0 Å². The number of carbonyl (C=O) groups is 1. The minimum absolute atomic E-state index is 0.260. The van der Waals surface area contributed by atoms with Crippen LogP contribution in [-0.2, 0) is 0 Å². The van der Waals surface area contributed by atoms with E-state index < -0.39 is 5.92 Å². The second-order valence-corrected chi connectivity index (χ2v) is 8.12. The molecule has 1 atom stereocenters. The number of anilines is 1. The molecule has 8 nitrogen and oxygen atoms in total. The first-order valence-corrected chi connectivity index (χ1v) is 10.4. The molecule has 1 saturated heterocycles. The predicted molar refractivity (Wildman–Crippen MR) is 115 cm³/mol. The molecule has 1 N–H and O–H groups in total. The molecule has 0 amide bonds. The summed E-state index contributed by atoms with van der Waals surface area (Å²) in [6, 6.07) is 5.14. The number of rotatable bonds is 6. The second kappa shape index (κ2) is 8.79. The van der Waals surface area contributed by atoms with E-state index in [9.17, 15) is 4.79 Å². The Balaban J connectivity index is 1.36. The summed E-state index contributed by atoms with van der Waals surface area (Å²) in [5.41, 5.74) is 0.535. The van der Waals surface area contributed by atoms with Gasteiger partial charge < -0.3 is 15.1 Å². The van der Waals surface area contributed by atoms with Crippen molar-refractivity contribution in [2.24, 2.45) is 4.99 Å². The number of nitrogens with zero attached hydrogens (tertiary/aromatic N) is 6. The molecular weight excluding hydrogens is 413 g/mol. The molecule has 0 bridgehead atoms. The fourth-order valence-corrected chi connectivity index (χ4v) is 4.16. The number of benzene rings is 1. The largest absolute Gasteiger partial charge is 0.353 e. The van der Waals surface area contributed by atoms with Gasteiger partial charge in [-0.3, -0.25) is 4.79 Å². The Morgan fingerprint density at radius 2 is 1.90 bits per heavy atom. The van der Waals surface area contributed by atoms with E-state index in [1.807, 2.05) is 0 Å². The van der Waals surface area contributed by atoms with Crippen LogP contribution in [-0.4, -0.2) is 83.0 Å². The topological polar surface area (TPSA) is 78.6 Å². The molecule has 4 rings (SSSR count). The van der Waals surface area contributed by atoms with Crippen LogP contribution in [0.2, 0.25) is 10.0 Å². The molecule has 0 aliphatic carbocycles. The Labute approximate surface area is 179 Å². The Hall–Kier alpha value is -2.00. The summed E-state index contributed by atoms with van der Waals surface area (Å²) < 4.78 is 1.22. The minimum Gasteiger partial charge on any atom is -0.353 e. The minimum atomic E-state index is -0.685. The van der Waals surface area contributed by atoms with E-state index in [1.165, 1.54) is 10.9 Å². The van der Waals surface area contributed by atoms with E-state index in [0.29, 0.717) is 21.6 Å². The van der Waals surface area contributed by atoms with Gasteiger partial charge in [0, 0.05) is 54.5 Å². The van der Waals surface area contributed by atoms with E-state index in [0.717, 1.165) is 45.7 Å². The van der Waals surface area contributed by atoms with Gasteiger partial charge in [-0.25, -0.2) is 4.99 Å². The number of fused-ring (bicyclic) bond motifs is 1. The average Bonchev–Trinajstić information content (AvgIpc) is 3.12. The number of aliphatic imine (C=N–C) groups is 1. The molecule has 2 aliphatic rings. The lowest BCUT2D eigenvalue weighted by molar-refractivity contribution is 0.0887. The molecule has 1 aromatic carbocycles. The summed E-state index contributed by atoms with van der Waals surface area (Å²) in [6.45, 7) is 6.18. The number of piperazine rings is 1. The Bertz CT molecular complexity index is 901. The third-order valence-electron chi connectivity index (χ3n) is 5.24. The lowest BCUT2D eigenvalue weighted by Crippen LogP contribution is -2.44. The molecule has 2 aliphatic heterocycles. The number of nitrogens with one attached hydrogen (secondary N) is 1. The van der Waals surface area contributed by atoms with Crippen LogP contribution < -0.4 is 5.32 Å². The van der Waals surface area contributed by atoms with Crippen molar-refractivity contribution in [1.29, 1.82) is 0 Å². The average molecular weight is 436 g/mol. The third kappa shape index (κ3) is 4.45. The summed E-state index contributed by atoms with van der Waals surface area (Å²) in [5, 5.41) is 8.32. The SMILES string of the molecule is CN1CCN(CCCNc2nc3n(n2)C(=O)C(c2c(Cl)cccc2Cl)C=N3)CC1. The van der Waals surface area contributed by atoms with Crippen molar-refractivity contribution in [2.45, 2.75) is 12.3 Å². The number of carbonyl (C=O) groups excluding carboxylic acids is 1. The first-order valence-electron chi connectivity index (χ1n) is 9.67. The Morgan fingerprint density at radius 3 is 2.62 bits per heavy atom. The fraction of sp³-hybridized carbons (Fsp3) is 0.474. The summed E-state index contributed by atoms with van der Waals surface area (Å²) in [4.78, 5) is 26.3. The summed E-state index contributed by atoms with van der Waals surface area (Å²) in [5.74, 6) is -0.302. The van der Waals surface area contributed by atoms with Crippen LogP contribution in [0.3, 0.4) is 0 Å². The molecule has 0 radical (unpaired) electrons. The summed E-state index contributed by atoms with van der Waals surface area (Å²) >= 11 is 12.5. The van der Waals surface area contributed by atoms with Gasteiger partial charge in [0.2, 0.25) is 5.95 Å². The Kier molecular flexibility index (Phi) is 6.15. The number of halogens is 2. The molecule has 1 aromatic heterocycles. The van der Waals surface area contributed by atoms with Crippen molar-refractivity contribution < 1.29 is 4.79 Å². The van der Waals surface area contributed by atoms with Gasteiger partial charge in [-0.15, -0.1) is 5.10 Å². The predicted octanol–water partition coefficient (Wildman–Crippen LogP) is 2.77. The van der Waals surface area contributed by atoms with E-state index in [-0.39, 0.29) is 11.9 Å². The molecule has 0 saturated carbocycles. The highest BCUT2D eigenvalue weighted by Crippen LogP contribution is 2.34. The van der Waals surface area contributed by atoms with Crippen molar-refractivity contribution >= 4 is 47.2 Å². The molecule has 29 heavy (non-hydrogen) atoms. The summed E-state index contributed by atoms with van der Waals surface area (Å²) in [6.07, 6.45) is 2.50. The van der Waals surface area contributed by atoms with E-state index >= 15 is 0 Å². The van der Waals surface area contributed by atoms with Crippen LogP contribution in [0.5, 0.6) is 0 Å². The molecule has 1 unspecified atom stereocenters. The van der Waals surface area contributed by atoms with Gasteiger partial charge in [-0.05, 0) is 32.1 Å². The van der Waals surface area contributed by atoms with Gasteiger partial charge in [0.15, 0.2) is 0 Å². The van der Waals surface area contributed by atoms with Crippen LogP contribution in [0.15, 0.2) is 23.2 Å². The van der Waals surface area contributed by atoms with Crippen LogP contribution in [0.4, 0.5) is 11.9 Å². The molecule has 0 spiro atoms. The quantitative estimate of drug-likeness (QED) is 0.702. The summed E-state index contributed by atoms with van der Waals surface area (Å²) in [7, 11) is 2.15. The van der Waals surface area contributed by atoms with Crippen LogP contribution >= 0.6 is 23.2 Å². The van der Waals surface area contributed by atoms with Gasteiger partial charge >= 0.3 is 0 Å². The fourth-order valence-electron chi connectivity index (χ4n) is 3.53. The number of aromatic nitrogens is 3. The van der Waals surface area contributed by atoms with Gasteiger partial charge in [0.25, 0.3) is 11.9 Å². The third-order valence-corrected chi connectivity index (χ3v) is 5.90. The number of hydrogen-bond donors (Lipinski definition) is 1. The zero-order valence-electron chi connectivity index (χ0n) is 16.2. The molecule has 2 aromatic rings. The normalized spacial score (nSPS) is 20.1. The second-order valence-electron chi connectivity index (χ2n) is 7.30. The maximum absolute atomic E-state index is 12.9. The van der Waals surface area contributed by atoms with Gasteiger partial charge in [-0.1, -0.05) is 29.3 Å². The van der Waals surface area contributed by atoms with Crippen LogP contribution in [0.25, 0.3) is 0 Å². The zero-order valence-corrected chi connectivity index (χ0v) is 17.7. The smallest absolute Gasteiger partial charge is 0.263 e. The first kappa shape index (κ1) is 20.3. The van der Waals surface area contributed by atoms with Gasteiger partial charge in [0.1, 0.15) is 5.92 Å². The van der Waals surface area contributed by atoms with Crippen molar-refractivity contribution in [1.82, 2.24) is 24.6 Å². The van der Waals surface area contributed by atoms with E-state index in [1.54, 1.807) is 18.2 Å². The van der Waals surface area contributed by atoms with E-state index in [4.69, 9.17) is 23.2 Å². The monoisotopic (exact) mass is 435 g/mol. The van der Waals surface area contributed by atoms with Crippen molar-refractivity contribution in [3.8, 4) is 0 Å². The molecular formula is C19H23Cl2N7O. The molecule has 3 heterocycles. The maximum atomic E-state index is 12.9. The van der Waals surface area contributed by atoms with Gasteiger partial charge in [-0.2, -0.15) is 9.67 Å². The highest BCUT2D eigenvalue weighted by molar-refractivity contribution is 6.37.